The first kappa shape index (κ1) is 22.5. The minimum absolute atomic E-state index is 0. The van der Waals surface area contributed by atoms with E-state index in [4.69, 9.17) is 4.74 Å². The van der Waals surface area contributed by atoms with Crippen molar-refractivity contribution in [3.63, 3.8) is 0 Å². The van der Waals surface area contributed by atoms with E-state index in [0.717, 1.165) is 22.4 Å². The first-order valence-electron chi connectivity index (χ1n) is 7.86. The van der Waals surface area contributed by atoms with Crippen molar-refractivity contribution in [2.75, 3.05) is 20.4 Å². The van der Waals surface area contributed by atoms with Gasteiger partial charge in [-0.05, 0) is 35.6 Å². The first-order chi connectivity index (χ1) is 12.2. The summed E-state index contributed by atoms with van der Waals surface area (Å²) in [6.45, 7) is 1.11. The lowest BCUT2D eigenvalue weighted by atomic mass is 10.1. The maximum atomic E-state index is 13.4. The molecule has 2 N–H and O–H groups in total. The molecule has 0 radical (unpaired) electrons. The number of aromatic nitrogens is 1. The molecule has 0 atom stereocenters. The lowest BCUT2D eigenvalue weighted by Crippen LogP contribution is -2.36. The summed E-state index contributed by atoms with van der Waals surface area (Å²) in [5.74, 6) is 1.81. The molecule has 8 heteroatoms. The van der Waals surface area contributed by atoms with Crippen LogP contribution in [0, 0.1) is 5.82 Å². The molecule has 26 heavy (non-hydrogen) atoms. The third-order valence-corrected chi connectivity index (χ3v) is 4.23. The minimum Gasteiger partial charge on any atom is -0.481 e. The summed E-state index contributed by atoms with van der Waals surface area (Å²) in [5, 5.41) is 6.49. The number of guanidine groups is 1. The maximum absolute atomic E-state index is 13.4. The van der Waals surface area contributed by atoms with Gasteiger partial charge in [-0.25, -0.2) is 9.37 Å². The van der Waals surface area contributed by atoms with Crippen LogP contribution in [-0.2, 0) is 18.8 Å². The fraction of sp³-hybridized carbons (Fsp3) is 0.333. The van der Waals surface area contributed by atoms with Crippen molar-refractivity contribution in [3.05, 3.63) is 59.0 Å². The van der Waals surface area contributed by atoms with Crippen molar-refractivity contribution in [1.29, 1.82) is 0 Å². The van der Waals surface area contributed by atoms with Crippen LogP contribution in [0.2, 0.25) is 0 Å². The molecule has 0 amide bonds. The Kier molecular flexibility index (Phi) is 10.3. The lowest BCUT2D eigenvalue weighted by Gasteiger charge is -2.15. The number of hydrogen-bond donors (Lipinski definition) is 2. The molecule has 0 aliphatic rings. The van der Waals surface area contributed by atoms with Crippen LogP contribution in [-0.4, -0.2) is 31.4 Å². The highest BCUT2D eigenvalue weighted by atomic mass is 127. The number of nitrogens with one attached hydrogen (secondary N) is 2. The van der Waals surface area contributed by atoms with Gasteiger partial charge in [0.1, 0.15) is 5.82 Å². The number of rotatable bonds is 7. The fourth-order valence-electron chi connectivity index (χ4n) is 2.38. The Morgan fingerprint density at radius 3 is 2.58 bits per heavy atom. The van der Waals surface area contributed by atoms with E-state index in [9.17, 15) is 4.39 Å². The number of aliphatic imine (C=N–C) groups is 1. The number of methoxy groups -OCH3 is 1. The van der Waals surface area contributed by atoms with Gasteiger partial charge in [0.15, 0.2) is 5.96 Å². The quantitative estimate of drug-likeness (QED) is 0.353. The van der Waals surface area contributed by atoms with Crippen LogP contribution in [0.4, 0.5) is 4.39 Å². The van der Waals surface area contributed by atoms with E-state index in [0.29, 0.717) is 24.9 Å². The topological polar surface area (TPSA) is 58.5 Å². The highest BCUT2D eigenvalue weighted by Gasteiger charge is 2.07. The zero-order chi connectivity index (χ0) is 18.1. The number of hydrogen-bond acceptors (Lipinski definition) is 4. The van der Waals surface area contributed by atoms with E-state index < -0.39 is 0 Å². The SMILES string of the molecule is CN=C(NCc1ccc(F)cc1CSC)NCc1cccnc1OC.I. The Labute approximate surface area is 175 Å². The third kappa shape index (κ3) is 6.64. The highest BCUT2D eigenvalue weighted by Crippen LogP contribution is 2.17. The van der Waals surface area contributed by atoms with Gasteiger partial charge in [0.25, 0.3) is 0 Å². The van der Waals surface area contributed by atoms with Gasteiger partial charge in [0, 0.05) is 37.7 Å². The van der Waals surface area contributed by atoms with Crippen molar-refractivity contribution in [1.82, 2.24) is 15.6 Å². The molecule has 2 aromatic rings. The van der Waals surface area contributed by atoms with E-state index in [1.54, 1.807) is 38.2 Å². The van der Waals surface area contributed by atoms with Crippen LogP contribution in [0.5, 0.6) is 5.88 Å². The van der Waals surface area contributed by atoms with Crippen LogP contribution in [0.25, 0.3) is 0 Å². The first-order valence-corrected chi connectivity index (χ1v) is 9.26. The Morgan fingerprint density at radius 1 is 1.19 bits per heavy atom. The van der Waals surface area contributed by atoms with Crippen molar-refractivity contribution in [2.24, 2.45) is 4.99 Å². The molecular weight excluding hydrogens is 466 g/mol. The Morgan fingerprint density at radius 2 is 1.92 bits per heavy atom. The molecule has 142 valence electrons. The number of benzene rings is 1. The van der Waals surface area contributed by atoms with Gasteiger partial charge in [0.05, 0.1) is 7.11 Å². The molecule has 5 nitrogen and oxygen atoms in total. The van der Waals surface area contributed by atoms with Gasteiger partial charge in [-0.1, -0.05) is 12.1 Å². The molecule has 0 bridgehead atoms. The number of thioether (sulfide) groups is 1. The highest BCUT2D eigenvalue weighted by molar-refractivity contribution is 14.0. The second kappa shape index (κ2) is 11.9. The molecule has 0 saturated heterocycles. The maximum Gasteiger partial charge on any atom is 0.218 e. The van der Waals surface area contributed by atoms with Crippen LogP contribution in [0.1, 0.15) is 16.7 Å². The molecule has 1 heterocycles. The molecule has 1 aromatic heterocycles. The van der Waals surface area contributed by atoms with Gasteiger partial charge < -0.3 is 15.4 Å². The van der Waals surface area contributed by atoms with Gasteiger partial charge in [-0.15, -0.1) is 24.0 Å². The molecule has 0 aliphatic carbocycles. The van der Waals surface area contributed by atoms with Crippen LogP contribution >= 0.6 is 35.7 Å². The summed E-state index contributed by atoms with van der Waals surface area (Å²) in [5.41, 5.74) is 2.99. The number of halogens is 2. The van der Waals surface area contributed by atoms with Crippen LogP contribution in [0.3, 0.4) is 0 Å². The monoisotopic (exact) mass is 490 g/mol. The number of pyridine rings is 1. The normalized spacial score (nSPS) is 10.8. The molecule has 0 saturated carbocycles. The van der Waals surface area contributed by atoms with Crippen molar-refractivity contribution in [2.45, 2.75) is 18.8 Å². The Hall–Kier alpha value is -1.55. The standard InChI is InChI=1S/C18H23FN4OS.HI/c1-20-18(23-11-14-5-4-8-21-17(14)24-2)22-10-13-6-7-16(19)9-15(13)12-25-3;/h4-9H,10-12H2,1-3H3,(H2,20,22,23);1H. The Balaban J connectivity index is 0.00000338. The molecule has 0 spiro atoms. The third-order valence-electron chi connectivity index (χ3n) is 3.63. The summed E-state index contributed by atoms with van der Waals surface area (Å²) in [6.07, 6.45) is 3.70. The largest absolute Gasteiger partial charge is 0.481 e. The fourth-order valence-corrected chi connectivity index (χ4v) is 2.96. The molecule has 0 unspecified atom stereocenters. The molecule has 1 aromatic carbocycles. The van der Waals surface area contributed by atoms with E-state index in [2.05, 4.69) is 20.6 Å². The zero-order valence-corrected chi connectivity index (χ0v) is 18.2. The molecule has 2 rings (SSSR count). The van der Waals surface area contributed by atoms with E-state index >= 15 is 0 Å². The van der Waals surface area contributed by atoms with Gasteiger partial charge >= 0.3 is 0 Å². The average Bonchev–Trinajstić information content (AvgIpc) is 2.63. The van der Waals surface area contributed by atoms with Gasteiger partial charge in [-0.2, -0.15) is 11.8 Å². The Bertz CT molecular complexity index is 730. The van der Waals surface area contributed by atoms with E-state index in [-0.39, 0.29) is 29.8 Å². The average molecular weight is 490 g/mol. The van der Waals surface area contributed by atoms with E-state index in [1.807, 2.05) is 24.5 Å². The molecule has 0 aliphatic heterocycles. The smallest absolute Gasteiger partial charge is 0.218 e. The molecule has 0 fully saturated rings. The summed E-state index contributed by atoms with van der Waals surface area (Å²) in [6, 6.07) is 8.69. The predicted octanol–water partition coefficient (Wildman–Crippen LogP) is 3.58. The van der Waals surface area contributed by atoms with Crippen LogP contribution < -0.4 is 15.4 Å². The number of ether oxygens (including phenoxy) is 1. The summed E-state index contributed by atoms with van der Waals surface area (Å²) in [4.78, 5) is 8.40. The summed E-state index contributed by atoms with van der Waals surface area (Å²) in [7, 11) is 3.31. The number of nitrogens with zero attached hydrogens (tertiary/aromatic N) is 2. The van der Waals surface area contributed by atoms with Crippen molar-refractivity contribution < 1.29 is 9.13 Å². The predicted molar refractivity (Wildman–Crippen MR) is 117 cm³/mol. The minimum atomic E-state index is -0.209. The summed E-state index contributed by atoms with van der Waals surface area (Å²) < 4.78 is 18.7. The van der Waals surface area contributed by atoms with Crippen molar-refractivity contribution >= 4 is 41.7 Å². The van der Waals surface area contributed by atoms with Crippen molar-refractivity contribution in [3.8, 4) is 5.88 Å². The summed E-state index contributed by atoms with van der Waals surface area (Å²) >= 11 is 1.67. The van der Waals surface area contributed by atoms with Gasteiger partial charge in [0.2, 0.25) is 5.88 Å². The zero-order valence-electron chi connectivity index (χ0n) is 15.1. The lowest BCUT2D eigenvalue weighted by molar-refractivity contribution is 0.392. The second-order valence-corrected chi connectivity index (χ2v) is 6.16. The molecular formula is C18H24FIN4OS. The second-order valence-electron chi connectivity index (χ2n) is 5.30. The van der Waals surface area contributed by atoms with Gasteiger partial charge in [-0.3, -0.25) is 4.99 Å². The van der Waals surface area contributed by atoms with E-state index in [1.165, 1.54) is 6.07 Å². The van der Waals surface area contributed by atoms with Crippen LogP contribution in [0.15, 0.2) is 41.5 Å².